The van der Waals surface area contributed by atoms with Gasteiger partial charge in [0.1, 0.15) is 5.82 Å². The van der Waals surface area contributed by atoms with E-state index in [1.807, 2.05) is 70.6 Å². The summed E-state index contributed by atoms with van der Waals surface area (Å²) in [5, 5.41) is 20.3. The fourth-order valence-corrected chi connectivity index (χ4v) is 6.84. The van der Waals surface area contributed by atoms with Crippen molar-refractivity contribution in [2.75, 3.05) is 20.0 Å². The minimum Gasteiger partial charge on any atom is -0.493 e. The number of nitrogens with zero attached hydrogens (tertiary/aromatic N) is 5. The zero-order chi connectivity index (χ0) is 32.8. The minimum atomic E-state index is -0.495. The predicted molar refractivity (Wildman–Crippen MR) is 178 cm³/mol. The number of methoxy groups -OCH3 is 2. The first-order valence-electron chi connectivity index (χ1n) is 14.7. The quantitative estimate of drug-likeness (QED) is 0.164. The Morgan fingerprint density at radius 2 is 1.83 bits per heavy atom. The summed E-state index contributed by atoms with van der Waals surface area (Å²) >= 11 is 2.81. The number of hydrogen-bond acceptors (Lipinski definition) is 9. The molecule has 1 aliphatic rings. The number of rotatable bonds is 12. The lowest BCUT2D eigenvalue weighted by atomic mass is 9.99. The van der Waals surface area contributed by atoms with Crippen LogP contribution >= 0.6 is 23.1 Å². The van der Waals surface area contributed by atoms with E-state index in [-0.39, 0.29) is 23.8 Å². The molecular weight excluding hydrogens is 640 g/mol. The summed E-state index contributed by atoms with van der Waals surface area (Å²) < 4.78 is 26.8. The molecule has 1 aliphatic heterocycles. The van der Waals surface area contributed by atoms with Gasteiger partial charge in [-0.2, -0.15) is 5.10 Å². The number of carbonyl (C=O) groups is 2. The highest BCUT2D eigenvalue weighted by atomic mass is 32.2. The number of para-hydroxylation sites is 1. The molecule has 2 amide bonds. The van der Waals surface area contributed by atoms with E-state index in [0.29, 0.717) is 35.4 Å². The van der Waals surface area contributed by atoms with E-state index in [2.05, 4.69) is 15.5 Å². The number of hydrogen-bond donors (Lipinski definition) is 1. The first-order chi connectivity index (χ1) is 22.9. The van der Waals surface area contributed by atoms with Crippen molar-refractivity contribution in [3.63, 3.8) is 0 Å². The molecule has 0 saturated carbocycles. The van der Waals surface area contributed by atoms with E-state index >= 15 is 0 Å². The molecule has 1 N–H and O–H groups in total. The summed E-state index contributed by atoms with van der Waals surface area (Å²) in [5.74, 6) is 0.509. The maximum Gasteiger partial charge on any atom is 0.253 e. The van der Waals surface area contributed by atoms with E-state index in [1.54, 1.807) is 31.6 Å². The highest BCUT2D eigenvalue weighted by molar-refractivity contribution is 7.99. The average Bonchev–Trinajstić information content (AvgIpc) is 3.87. The van der Waals surface area contributed by atoms with Crippen molar-refractivity contribution in [2.24, 2.45) is 5.10 Å². The molecule has 6 rings (SSSR count). The van der Waals surface area contributed by atoms with Crippen LogP contribution < -0.4 is 14.8 Å². The summed E-state index contributed by atoms with van der Waals surface area (Å²) in [5.41, 5.74) is 2.81. The molecule has 2 aromatic heterocycles. The van der Waals surface area contributed by atoms with Crippen molar-refractivity contribution in [1.29, 1.82) is 0 Å². The Labute approximate surface area is 279 Å². The molecule has 10 nitrogen and oxygen atoms in total. The van der Waals surface area contributed by atoms with Gasteiger partial charge in [-0.1, -0.05) is 66.4 Å². The number of ether oxygens (including phenoxy) is 2. The first kappa shape index (κ1) is 32.0. The van der Waals surface area contributed by atoms with Gasteiger partial charge in [-0.25, -0.2) is 9.40 Å². The van der Waals surface area contributed by atoms with Crippen molar-refractivity contribution in [1.82, 2.24) is 25.1 Å². The molecule has 47 heavy (non-hydrogen) atoms. The van der Waals surface area contributed by atoms with Gasteiger partial charge in [-0.15, -0.1) is 21.5 Å². The van der Waals surface area contributed by atoms with Gasteiger partial charge in [0, 0.05) is 17.5 Å². The van der Waals surface area contributed by atoms with Gasteiger partial charge in [0.25, 0.3) is 11.8 Å². The number of thioether (sulfide) groups is 1. The fourth-order valence-electron chi connectivity index (χ4n) is 5.31. The van der Waals surface area contributed by atoms with E-state index in [9.17, 15) is 14.0 Å². The molecule has 0 saturated heterocycles. The van der Waals surface area contributed by atoms with Gasteiger partial charge in [0.15, 0.2) is 22.5 Å². The van der Waals surface area contributed by atoms with E-state index in [4.69, 9.17) is 14.6 Å². The number of amides is 2. The fraction of sp³-hybridized carbons (Fsp3) is 0.206. The van der Waals surface area contributed by atoms with Crippen LogP contribution in [0.2, 0.25) is 0 Å². The Hall–Kier alpha value is -5.01. The highest BCUT2D eigenvalue weighted by Crippen LogP contribution is 2.42. The van der Waals surface area contributed by atoms with Gasteiger partial charge in [0.2, 0.25) is 0 Å². The molecule has 5 aromatic rings. The van der Waals surface area contributed by atoms with Crippen LogP contribution in [0.5, 0.6) is 11.5 Å². The zero-order valence-corrected chi connectivity index (χ0v) is 27.3. The first-order valence-corrected chi connectivity index (χ1v) is 16.6. The van der Waals surface area contributed by atoms with Crippen LogP contribution in [0.15, 0.2) is 101 Å². The van der Waals surface area contributed by atoms with Crippen LogP contribution in [0.4, 0.5) is 4.39 Å². The van der Waals surface area contributed by atoms with Gasteiger partial charge < -0.3 is 19.4 Å². The molecule has 240 valence electrons. The maximum atomic E-state index is 13.9. The van der Waals surface area contributed by atoms with Gasteiger partial charge in [0.05, 0.1) is 49.7 Å². The summed E-state index contributed by atoms with van der Waals surface area (Å²) in [6.45, 7) is 0.478. The van der Waals surface area contributed by atoms with Gasteiger partial charge in [-0.3, -0.25) is 9.59 Å². The molecule has 3 aromatic carbocycles. The van der Waals surface area contributed by atoms with E-state index in [1.165, 1.54) is 35.0 Å². The number of halogens is 1. The summed E-state index contributed by atoms with van der Waals surface area (Å²) in [6.07, 6.45) is 0.514. The molecule has 0 fully saturated rings. The summed E-state index contributed by atoms with van der Waals surface area (Å²) in [6, 6.07) is 24.4. The second-order valence-electron chi connectivity index (χ2n) is 10.5. The van der Waals surface area contributed by atoms with Gasteiger partial charge in [-0.05, 0) is 41.3 Å². The second kappa shape index (κ2) is 14.6. The van der Waals surface area contributed by atoms with Crippen molar-refractivity contribution < 1.29 is 23.5 Å². The molecule has 13 heteroatoms. The Balaban J connectivity index is 1.24. The Kier molecular flexibility index (Phi) is 9.93. The number of nitrogens with one attached hydrogen (secondary N) is 1. The number of aromatic nitrogens is 3. The molecular formula is C34H31FN6O4S2. The molecule has 0 bridgehead atoms. The SMILES string of the molecule is COc1cccc(C2CC(c3cccs3)=NN2C(=O)CSc2nnc(CNC(=O)c3cccc(F)c3)n2Cc2ccccc2)c1OC. The van der Waals surface area contributed by atoms with Crippen molar-refractivity contribution in [2.45, 2.75) is 30.7 Å². The number of benzene rings is 3. The van der Waals surface area contributed by atoms with Crippen LogP contribution in [0.3, 0.4) is 0 Å². The van der Waals surface area contributed by atoms with Crippen LogP contribution in [0, 0.1) is 5.82 Å². The van der Waals surface area contributed by atoms with Gasteiger partial charge >= 0.3 is 0 Å². The zero-order valence-electron chi connectivity index (χ0n) is 25.6. The normalized spacial score (nSPS) is 14.1. The summed E-state index contributed by atoms with van der Waals surface area (Å²) in [7, 11) is 3.16. The highest BCUT2D eigenvalue weighted by Gasteiger charge is 2.36. The molecule has 0 radical (unpaired) electrons. The standard InChI is InChI=1S/C34H31FN6O4S2/c1-44-28-14-7-13-25(32(28)45-2)27-18-26(29-15-8-16-46-29)39-41(27)31(42)21-47-34-38-37-30(40(34)20-22-9-4-3-5-10-22)19-36-33(43)23-11-6-12-24(35)17-23/h3-17,27H,18-21H2,1-2H3,(H,36,43). The number of thiophene rings is 1. The molecule has 1 atom stereocenters. The van der Waals surface area contributed by atoms with Crippen LogP contribution in [-0.4, -0.2) is 57.3 Å². The molecule has 3 heterocycles. The molecule has 0 aliphatic carbocycles. The summed E-state index contributed by atoms with van der Waals surface area (Å²) in [4.78, 5) is 27.7. The van der Waals surface area contributed by atoms with Crippen molar-refractivity contribution in [3.8, 4) is 11.5 Å². The molecule has 1 unspecified atom stereocenters. The number of hydrazone groups is 1. The van der Waals surface area contributed by atoms with E-state index in [0.717, 1.165) is 21.7 Å². The minimum absolute atomic E-state index is 0.0343. The monoisotopic (exact) mass is 670 g/mol. The third-order valence-electron chi connectivity index (χ3n) is 7.56. The Morgan fingerprint density at radius 1 is 1.00 bits per heavy atom. The Bertz CT molecular complexity index is 1900. The van der Waals surface area contributed by atoms with Crippen LogP contribution in [-0.2, 0) is 17.9 Å². The second-order valence-corrected chi connectivity index (χ2v) is 12.4. The Morgan fingerprint density at radius 3 is 2.57 bits per heavy atom. The lowest BCUT2D eigenvalue weighted by Gasteiger charge is -2.24. The van der Waals surface area contributed by atoms with Crippen LogP contribution in [0.1, 0.15) is 44.6 Å². The third-order valence-corrected chi connectivity index (χ3v) is 9.43. The third kappa shape index (κ3) is 7.21. The van der Waals surface area contributed by atoms with Crippen molar-refractivity contribution in [3.05, 3.63) is 124 Å². The number of carbonyl (C=O) groups excluding carboxylic acids is 2. The average molecular weight is 671 g/mol. The lowest BCUT2D eigenvalue weighted by molar-refractivity contribution is -0.130. The van der Waals surface area contributed by atoms with Crippen molar-refractivity contribution >= 4 is 40.6 Å². The largest absolute Gasteiger partial charge is 0.493 e. The topological polar surface area (TPSA) is 111 Å². The lowest BCUT2D eigenvalue weighted by Crippen LogP contribution is -2.29. The maximum absolute atomic E-state index is 13.9. The predicted octanol–water partition coefficient (Wildman–Crippen LogP) is 5.94. The van der Waals surface area contributed by atoms with E-state index < -0.39 is 17.8 Å². The van der Waals surface area contributed by atoms with Crippen LogP contribution in [0.25, 0.3) is 0 Å². The smallest absolute Gasteiger partial charge is 0.253 e. The molecule has 0 spiro atoms.